The highest BCUT2D eigenvalue weighted by atomic mass is 16.5. The zero-order valence-electron chi connectivity index (χ0n) is 51.5. The van der Waals surface area contributed by atoms with E-state index in [1.165, 1.54) is 302 Å². The predicted octanol–water partition coefficient (Wildman–Crippen LogP) is 22.1. The zero-order chi connectivity index (χ0) is 55.0. The third kappa shape index (κ3) is 61.6. The first-order chi connectivity index (χ1) is 37.5. The van der Waals surface area contributed by atoms with Crippen LogP contribution in [0.2, 0.25) is 0 Å². The molecule has 450 valence electrons. The summed E-state index contributed by atoms with van der Waals surface area (Å²) >= 11 is 0. The molecular formula is C70H135NO5. The van der Waals surface area contributed by atoms with Gasteiger partial charge in [-0.25, -0.2) is 0 Å². The fourth-order valence-corrected chi connectivity index (χ4v) is 11.0. The average Bonchev–Trinajstić information content (AvgIpc) is 3.42. The van der Waals surface area contributed by atoms with Crippen LogP contribution in [0, 0.1) is 0 Å². The zero-order valence-corrected chi connectivity index (χ0v) is 51.5. The van der Waals surface area contributed by atoms with E-state index in [0.717, 1.165) is 51.4 Å². The number of aliphatic hydroxyl groups excluding tert-OH is 2. The van der Waals surface area contributed by atoms with Crippen molar-refractivity contribution in [3.05, 3.63) is 24.3 Å². The van der Waals surface area contributed by atoms with Crippen molar-refractivity contribution in [2.75, 3.05) is 13.2 Å². The average molecular weight is 1070 g/mol. The number of ether oxygens (including phenoxy) is 1. The van der Waals surface area contributed by atoms with E-state index in [9.17, 15) is 19.8 Å². The lowest BCUT2D eigenvalue weighted by Gasteiger charge is -2.22. The molecule has 0 bridgehead atoms. The normalized spacial score (nSPS) is 12.6. The molecule has 0 spiro atoms. The topological polar surface area (TPSA) is 95.9 Å². The van der Waals surface area contributed by atoms with Crippen LogP contribution in [0.5, 0.6) is 0 Å². The van der Waals surface area contributed by atoms with E-state index in [-0.39, 0.29) is 18.5 Å². The maximum absolute atomic E-state index is 12.5. The number of amides is 1. The minimum Gasteiger partial charge on any atom is -0.466 e. The first-order valence-corrected chi connectivity index (χ1v) is 34.6. The van der Waals surface area contributed by atoms with Gasteiger partial charge in [-0.2, -0.15) is 0 Å². The van der Waals surface area contributed by atoms with Crippen LogP contribution in [0.1, 0.15) is 386 Å². The van der Waals surface area contributed by atoms with E-state index in [1.54, 1.807) is 0 Å². The van der Waals surface area contributed by atoms with Crippen LogP contribution in [-0.2, 0) is 14.3 Å². The lowest BCUT2D eigenvalue weighted by Crippen LogP contribution is -2.45. The molecular weight excluding hydrogens is 935 g/mol. The van der Waals surface area contributed by atoms with Crippen LogP contribution >= 0.6 is 0 Å². The van der Waals surface area contributed by atoms with Crippen LogP contribution in [0.3, 0.4) is 0 Å². The molecule has 0 aromatic carbocycles. The molecule has 76 heavy (non-hydrogen) atoms. The molecule has 6 nitrogen and oxygen atoms in total. The maximum atomic E-state index is 12.5. The molecule has 1 amide bonds. The van der Waals surface area contributed by atoms with Crippen LogP contribution in [0.25, 0.3) is 0 Å². The third-order valence-corrected chi connectivity index (χ3v) is 16.3. The summed E-state index contributed by atoms with van der Waals surface area (Å²) in [5.74, 6) is -0.0185. The Morgan fingerprint density at radius 3 is 1.03 bits per heavy atom. The van der Waals surface area contributed by atoms with Crippen molar-refractivity contribution in [1.29, 1.82) is 0 Å². The number of carbonyl (C=O) groups excluding carboxylic acids is 2. The minimum absolute atomic E-state index is 0.0109. The van der Waals surface area contributed by atoms with Crippen LogP contribution < -0.4 is 5.32 Å². The predicted molar refractivity (Wildman–Crippen MR) is 333 cm³/mol. The summed E-state index contributed by atoms with van der Waals surface area (Å²) in [5, 5.41) is 23.3. The van der Waals surface area contributed by atoms with Gasteiger partial charge in [0.25, 0.3) is 0 Å². The molecule has 0 heterocycles. The summed E-state index contributed by atoms with van der Waals surface area (Å²) in [5.41, 5.74) is 0. The monoisotopic (exact) mass is 1070 g/mol. The van der Waals surface area contributed by atoms with Gasteiger partial charge < -0.3 is 20.3 Å². The van der Waals surface area contributed by atoms with Gasteiger partial charge in [0.05, 0.1) is 25.4 Å². The molecule has 0 rings (SSSR count). The molecule has 2 unspecified atom stereocenters. The van der Waals surface area contributed by atoms with E-state index >= 15 is 0 Å². The molecule has 0 aliphatic rings. The molecule has 3 N–H and O–H groups in total. The highest BCUT2D eigenvalue weighted by Crippen LogP contribution is 2.19. The molecule has 0 aliphatic carbocycles. The standard InChI is InChI=1S/C70H135NO5/c1-3-5-7-9-11-13-15-17-19-31-36-40-44-48-52-56-60-64-70(75)76-65-61-57-53-49-45-41-37-33-30-28-26-24-22-20-21-23-25-27-29-32-35-39-43-47-51-55-59-63-69(74)71-67(66-72)68(73)62-58-54-50-46-42-38-34-18-16-14-12-10-8-6-4-2/h11,13,17,19,67-68,72-73H,3-10,12,14-16,18,20-66H2,1-2H3,(H,71,74)/b13-11-,19-17-. The molecule has 0 fully saturated rings. The lowest BCUT2D eigenvalue weighted by molar-refractivity contribution is -0.143. The quantitative estimate of drug-likeness (QED) is 0.0320. The largest absolute Gasteiger partial charge is 0.466 e. The Bertz CT molecular complexity index is 1190. The van der Waals surface area contributed by atoms with E-state index < -0.39 is 12.1 Å². The van der Waals surface area contributed by atoms with Gasteiger partial charge in [-0.15, -0.1) is 0 Å². The molecule has 0 aromatic heterocycles. The number of unbranched alkanes of at least 4 members (excludes halogenated alkanes) is 50. The first kappa shape index (κ1) is 74.3. The van der Waals surface area contributed by atoms with Crippen LogP contribution in [0.15, 0.2) is 24.3 Å². The smallest absolute Gasteiger partial charge is 0.305 e. The van der Waals surface area contributed by atoms with Crippen molar-refractivity contribution in [1.82, 2.24) is 5.32 Å². The Hall–Kier alpha value is -1.66. The Kier molecular flexibility index (Phi) is 64.4. The van der Waals surface area contributed by atoms with E-state index in [1.807, 2.05) is 0 Å². The summed E-state index contributed by atoms with van der Waals surface area (Å²) in [6, 6.07) is -0.539. The maximum Gasteiger partial charge on any atom is 0.305 e. The number of rotatable bonds is 65. The highest BCUT2D eigenvalue weighted by molar-refractivity contribution is 5.76. The van der Waals surface area contributed by atoms with Crippen molar-refractivity contribution in [2.45, 2.75) is 398 Å². The van der Waals surface area contributed by atoms with Gasteiger partial charge in [0.1, 0.15) is 0 Å². The number of allylic oxidation sites excluding steroid dienone is 4. The van der Waals surface area contributed by atoms with Crippen molar-refractivity contribution < 1.29 is 24.5 Å². The molecule has 6 heteroatoms. The van der Waals surface area contributed by atoms with Crippen LogP contribution in [0.4, 0.5) is 0 Å². The fraction of sp³-hybridized carbons (Fsp3) is 0.914. The van der Waals surface area contributed by atoms with Gasteiger partial charge >= 0.3 is 5.97 Å². The number of aliphatic hydroxyl groups is 2. The summed E-state index contributed by atoms with van der Waals surface area (Å²) in [7, 11) is 0. The van der Waals surface area contributed by atoms with Crippen molar-refractivity contribution in [2.24, 2.45) is 0 Å². The van der Waals surface area contributed by atoms with Gasteiger partial charge in [-0.3, -0.25) is 9.59 Å². The second kappa shape index (κ2) is 65.9. The Morgan fingerprint density at radius 2 is 0.658 bits per heavy atom. The Balaban J connectivity index is 3.34. The van der Waals surface area contributed by atoms with Crippen molar-refractivity contribution in [3.8, 4) is 0 Å². The first-order valence-electron chi connectivity index (χ1n) is 34.6. The molecule has 0 aromatic rings. The number of nitrogens with one attached hydrogen (secondary N) is 1. The summed E-state index contributed by atoms with van der Waals surface area (Å²) in [4.78, 5) is 24.6. The second-order valence-electron chi connectivity index (χ2n) is 23.9. The molecule has 0 aliphatic heterocycles. The summed E-state index contributed by atoms with van der Waals surface area (Å²) in [6.07, 6.45) is 82.2. The number of esters is 1. The summed E-state index contributed by atoms with van der Waals surface area (Å²) in [6.45, 7) is 4.96. The summed E-state index contributed by atoms with van der Waals surface area (Å²) < 4.78 is 5.50. The van der Waals surface area contributed by atoms with Gasteiger partial charge in [0.2, 0.25) is 5.91 Å². The van der Waals surface area contributed by atoms with Gasteiger partial charge in [-0.05, 0) is 57.8 Å². The van der Waals surface area contributed by atoms with Crippen molar-refractivity contribution >= 4 is 11.9 Å². The number of carbonyl (C=O) groups is 2. The third-order valence-electron chi connectivity index (χ3n) is 16.3. The molecule has 0 saturated carbocycles. The highest BCUT2D eigenvalue weighted by Gasteiger charge is 2.20. The SMILES string of the molecule is CCCCC/C=C\C/C=C\CCCCCCCCCC(=O)OCCCCCCCCCCCCCCCCCCCCCCCCCCCCCC(=O)NC(CO)C(O)CCCCCCCCCCCCCCCCC. The molecule has 0 saturated heterocycles. The lowest BCUT2D eigenvalue weighted by atomic mass is 10.0. The number of hydrogen-bond donors (Lipinski definition) is 3. The Labute approximate surface area is 475 Å². The van der Waals surface area contributed by atoms with Crippen LogP contribution in [-0.4, -0.2) is 47.4 Å². The second-order valence-corrected chi connectivity index (χ2v) is 23.9. The van der Waals surface area contributed by atoms with E-state index in [0.29, 0.717) is 25.9 Å². The minimum atomic E-state index is -0.662. The van der Waals surface area contributed by atoms with E-state index in [4.69, 9.17) is 4.74 Å². The van der Waals surface area contributed by atoms with Gasteiger partial charge in [-0.1, -0.05) is 340 Å². The van der Waals surface area contributed by atoms with Gasteiger partial charge in [0.15, 0.2) is 0 Å². The van der Waals surface area contributed by atoms with E-state index in [2.05, 4.69) is 43.5 Å². The molecule has 0 radical (unpaired) electrons. The van der Waals surface area contributed by atoms with Crippen molar-refractivity contribution in [3.63, 3.8) is 0 Å². The van der Waals surface area contributed by atoms with Gasteiger partial charge in [0, 0.05) is 12.8 Å². The Morgan fingerprint density at radius 1 is 0.368 bits per heavy atom. The fourth-order valence-electron chi connectivity index (χ4n) is 11.0. The molecule has 2 atom stereocenters. The number of hydrogen-bond acceptors (Lipinski definition) is 5.